The van der Waals surface area contributed by atoms with Crippen molar-refractivity contribution >= 4 is 17.4 Å². The van der Waals surface area contributed by atoms with Crippen LogP contribution >= 0.6 is 11.6 Å². The lowest BCUT2D eigenvalue weighted by Crippen LogP contribution is -2.28. The quantitative estimate of drug-likeness (QED) is 0.710. The number of anilines is 1. The molecular weight excluding hydrogens is 263 g/mol. The highest BCUT2D eigenvalue weighted by Crippen LogP contribution is 2.28. The molecule has 0 fully saturated rings. The molecule has 0 saturated carbocycles. The molecule has 0 aliphatic rings. The van der Waals surface area contributed by atoms with Crippen molar-refractivity contribution in [3.63, 3.8) is 0 Å². The van der Waals surface area contributed by atoms with Crippen LogP contribution in [0, 0.1) is 0 Å². The van der Waals surface area contributed by atoms with Crippen molar-refractivity contribution in [2.45, 2.75) is 12.2 Å². The first kappa shape index (κ1) is 13.9. The third-order valence-corrected chi connectivity index (χ3v) is 1.93. The van der Waals surface area contributed by atoms with Crippen LogP contribution in [0.1, 0.15) is 5.82 Å². The molecule has 3 N–H and O–H groups in total. The number of hydrogen-bond donors (Lipinski definition) is 3. The lowest BCUT2D eigenvalue weighted by molar-refractivity contribution is -0.144. The Bertz CT molecular complexity index is 385. The van der Waals surface area contributed by atoms with Gasteiger partial charge in [0.2, 0.25) is 5.82 Å². The van der Waals surface area contributed by atoms with Gasteiger partial charge in [0, 0.05) is 6.07 Å². The normalized spacial score (nSPS) is 11.9. The topological polar surface area (TPSA) is 78.3 Å². The molecule has 0 bridgehead atoms. The molecule has 5 nitrogen and oxygen atoms in total. The van der Waals surface area contributed by atoms with E-state index in [1.165, 1.54) is 0 Å². The molecule has 96 valence electrons. The number of aliphatic hydroxyl groups excluding tert-OH is 2. The van der Waals surface area contributed by atoms with E-state index >= 15 is 0 Å². The maximum atomic E-state index is 12.3. The summed E-state index contributed by atoms with van der Waals surface area (Å²) in [6.45, 7) is -0.918. The Labute approximate surface area is 99.3 Å². The van der Waals surface area contributed by atoms with Crippen LogP contribution in [-0.2, 0) is 6.18 Å². The number of aromatic nitrogens is 2. The van der Waals surface area contributed by atoms with Crippen LogP contribution in [0.3, 0.4) is 0 Å². The van der Waals surface area contributed by atoms with Gasteiger partial charge in [-0.1, -0.05) is 11.6 Å². The summed E-state index contributed by atoms with van der Waals surface area (Å²) in [5, 5.41) is 19.5. The molecule has 0 atom stereocenters. The Hall–Kier alpha value is -1.12. The summed E-state index contributed by atoms with van der Waals surface area (Å²) in [5.74, 6) is -1.60. The highest BCUT2D eigenvalue weighted by atomic mass is 35.5. The van der Waals surface area contributed by atoms with Gasteiger partial charge in [-0.25, -0.2) is 9.97 Å². The summed E-state index contributed by atoms with van der Waals surface area (Å²) < 4.78 is 37.0. The van der Waals surface area contributed by atoms with Crippen molar-refractivity contribution in [1.29, 1.82) is 0 Å². The van der Waals surface area contributed by atoms with Gasteiger partial charge in [-0.05, 0) is 0 Å². The second-order valence-corrected chi connectivity index (χ2v) is 3.49. The molecule has 0 aliphatic heterocycles. The molecule has 0 aromatic carbocycles. The number of nitrogens with one attached hydrogen (secondary N) is 1. The van der Waals surface area contributed by atoms with Crippen molar-refractivity contribution < 1.29 is 23.4 Å². The van der Waals surface area contributed by atoms with E-state index in [1.54, 1.807) is 0 Å². The molecule has 9 heteroatoms. The molecule has 0 saturated heterocycles. The van der Waals surface area contributed by atoms with Gasteiger partial charge in [-0.3, -0.25) is 0 Å². The molecule has 1 aromatic rings. The molecule has 1 rings (SSSR count). The number of aliphatic hydroxyl groups is 2. The maximum absolute atomic E-state index is 12.3. The van der Waals surface area contributed by atoms with Crippen LogP contribution in [0.15, 0.2) is 6.07 Å². The highest BCUT2D eigenvalue weighted by molar-refractivity contribution is 6.29. The second kappa shape index (κ2) is 5.48. The van der Waals surface area contributed by atoms with Gasteiger partial charge in [-0.15, -0.1) is 0 Å². The fourth-order valence-corrected chi connectivity index (χ4v) is 1.16. The first-order valence-corrected chi connectivity index (χ1v) is 4.84. The van der Waals surface area contributed by atoms with Gasteiger partial charge in [0.05, 0.1) is 19.3 Å². The van der Waals surface area contributed by atoms with Crippen LogP contribution < -0.4 is 5.32 Å². The first-order valence-electron chi connectivity index (χ1n) is 4.47. The van der Waals surface area contributed by atoms with Crippen LogP contribution in [-0.4, -0.2) is 39.4 Å². The number of alkyl halides is 3. The Kier molecular flexibility index (Phi) is 4.49. The van der Waals surface area contributed by atoms with Gasteiger partial charge in [0.15, 0.2) is 0 Å². The monoisotopic (exact) mass is 271 g/mol. The van der Waals surface area contributed by atoms with E-state index in [1.807, 2.05) is 0 Å². The first-order chi connectivity index (χ1) is 7.86. The molecule has 1 heterocycles. The van der Waals surface area contributed by atoms with Crippen molar-refractivity contribution in [3.8, 4) is 0 Å². The van der Waals surface area contributed by atoms with Crippen LogP contribution in [0.25, 0.3) is 0 Å². The van der Waals surface area contributed by atoms with Crippen molar-refractivity contribution in [2.24, 2.45) is 0 Å². The fourth-order valence-electron chi connectivity index (χ4n) is 0.977. The zero-order valence-corrected chi connectivity index (χ0v) is 9.13. The largest absolute Gasteiger partial charge is 0.451 e. The number of hydrogen-bond acceptors (Lipinski definition) is 5. The highest BCUT2D eigenvalue weighted by Gasteiger charge is 2.35. The molecule has 0 spiro atoms. The summed E-state index contributed by atoms with van der Waals surface area (Å²) in [6.07, 6.45) is -4.71. The van der Waals surface area contributed by atoms with E-state index in [4.69, 9.17) is 21.8 Å². The second-order valence-electron chi connectivity index (χ2n) is 3.10. The molecule has 1 aromatic heterocycles. The third-order valence-electron chi connectivity index (χ3n) is 1.74. The Morgan fingerprint density at radius 2 is 1.88 bits per heavy atom. The zero-order valence-electron chi connectivity index (χ0n) is 8.37. The Balaban J connectivity index is 2.97. The molecule has 0 radical (unpaired) electrons. The standard InChI is InChI=1S/C8H9ClF3N3O2/c9-5-1-6(13-4(2-16)3-17)15-7(14-5)8(10,11)12/h1,4,16-17H,2-3H2,(H,13,14,15). The lowest BCUT2D eigenvalue weighted by atomic mass is 10.3. The van der Waals surface area contributed by atoms with Crippen LogP contribution in [0.4, 0.5) is 19.0 Å². The number of halogens is 4. The van der Waals surface area contributed by atoms with E-state index in [9.17, 15) is 13.2 Å². The fraction of sp³-hybridized carbons (Fsp3) is 0.500. The summed E-state index contributed by atoms with van der Waals surface area (Å²) in [7, 11) is 0. The predicted molar refractivity (Wildman–Crippen MR) is 53.6 cm³/mol. The van der Waals surface area contributed by atoms with Gasteiger partial charge in [0.1, 0.15) is 11.0 Å². The summed E-state index contributed by atoms with van der Waals surface area (Å²) in [6, 6.07) is 0.247. The summed E-state index contributed by atoms with van der Waals surface area (Å²) >= 11 is 5.41. The summed E-state index contributed by atoms with van der Waals surface area (Å²) in [4.78, 5) is 6.22. The van der Waals surface area contributed by atoms with Gasteiger partial charge >= 0.3 is 6.18 Å². The Morgan fingerprint density at radius 3 is 2.35 bits per heavy atom. The molecule has 0 unspecified atom stereocenters. The van der Waals surface area contributed by atoms with Crippen molar-refractivity contribution in [1.82, 2.24) is 9.97 Å². The maximum Gasteiger partial charge on any atom is 0.451 e. The number of nitrogens with zero attached hydrogens (tertiary/aromatic N) is 2. The number of rotatable bonds is 4. The molecular formula is C8H9ClF3N3O2. The predicted octanol–water partition coefficient (Wildman–Crippen LogP) is 0.914. The van der Waals surface area contributed by atoms with Gasteiger partial charge in [0.25, 0.3) is 0 Å². The average molecular weight is 272 g/mol. The van der Waals surface area contributed by atoms with Crippen LogP contribution in [0.2, 0.25) is 5.15 Å². The minimum Gasteiger partial charge on any atom is -0.394 e. The molecule has 0 aliphatic carbocycles. The van der Waals surface area contributed by atoms with E-state index < -0.39 is 31.3 Å². The van der Waals surface area contributed by atoms with E-state index in [2.05, 4.69) is 15.3 Å². The molecule has 0 amide bonds. The smallest absolute Gasteiger partial charge is 0.394 e. The van der Waals surface area contributed by atoms with Crippen LogP contribution in [0.5, 0.6) is 0 Å². The minimum atomic E-state index is -4.71. The van der Waals surface area contributed by atoms with Gasteiger partial charge in [-0.2, -0.15) is 13.2 Å². The van der Waals surface area contributed by atoms with E-state index in [0.29, 0.717) is 0 Å². The van der Waals surface area contributed by atoms with E-state index in [-0.39, 0.29) is 11.0 Å². The lowest BCUT2D eigenvalue weighted by Gasteiger charge is -2.15. The van der Waals surface area contributed by atoms with Crippen molar-refractivity contribution in [3.05, 3.63) is 17.0 Å². The van der Waals surface area contributed by atoms with E-state index in [0.717, 1.165) is 6.07 Å². The SMILES string of the molecule is OCC(CO)Nc1cc(Cl)nc(C(F)(F)F)n1. The third kappa shape index (κ3) is 3.99. The van der Waals surface area contributed by atoms with Crippen molar-refractivity contribution in [2.75, 3.05) is 18.5 Å². The zero-order chi connectivity index (χ0) is 13.1. The summed E-state index contributed by atoms with van der Waals surface area (Å²) in [5.41, 5.74) is 0. The average Bonchev–Trinajstić information content (AvgIpc) is 2.24. The molecule has 17 heavy (non-hydrogen) atoms. The minimum absolute atomic E-state index is 0.217. The Morgan fingerprint density at radius 1 is 1.29 bits per heavy atom. The van der Waals surface area contributed by atoms with Gasteiger partial charge < -0.3 is 15.5 Å².